The van der Waals surface area contributed by atoms with Crippen LogP contribution in [0.3, 0.4) is 0 Å². The first-order valence-electron chi connectivity index (χ1n) is 12.9. The fourth-order valence-electron chi connectivity index (χ4n) is 5.68. The van der Waals surface area contributed by atoms with Gasteiger partial charge in [0.15, 0.2) is 0 Å². The molecule has 0 aliphatic carbocycles. The molecule has 0 radical (unpaired) electrons. The molecule has 4 rings (SSSR count). The molecule has 4 unspecified atom stereocenters. The van der Waals surface area contributed by atoms with E-state index in [1.165, 1.54) is 0 Å². The van der Waals surface area contributed by atoms with Crippen LogP contribution in [0.25, 0.3) is 11.1 Å². The van der Waals surface area contributed by atoms with Crippen molar-refractivity contribution in [2.24, 2.45) is 11.7 Å². The van der Waals surface area contributed by atoms with E-state index >= 15 is 0 Å². The van der Waals surface area contributed by atoms with Crippen molar-refractivity contribution in [3.05, 3.63) is 59.1 Å². The van der Waals surface area contributed by atoms with E-state index in [0.717, 1.165) is 42.4 Å². The van der Waals surface area contributed by atoms with Gasteiger partial charge in [-0.25, -0.2) is 4.79 Å². The van der Waals surface area contributed by atoms with Crippen LogP contribution in [0.4, 0.5) is 4.79 Å². The lowest BCUT2D eigenvalue weighted by Crippen LogP contribution is -2.52. The lowest BCUT2D eigenvalue weighted by atomic mass is 9.72. The number of unbranched alkanes of at least 4 members (excludes halogenated alkanes) is 1. The minimum Gasteiger partial charge on any atom is -0.390 e. The molecule has 36 heavy (non-hydrogen) atoms. The lowest BCUT2D eigenvalue weighted by Gasteiger charge is -2.44. The van der Waals surface area contributed by atoms with E-state index < -0.39 is 17.7 Å². The zero-order valence-corrected chi connectivity index (χ0v) is 21.7. The standard InChI is InChI=1S/C28H38ClN3O4/c1-36-16-7-6-14-28(35,23-12-4-2-10-21(23)22-11-3-5-13-24(22)29)20-9-8-15-31(17-20)27(34)32-18-25(30)26(33)19-32/h2-5,10-13,20,25-26,33,35H,6-9,14-19,30H2,1H3. The molecule has 8 heteroatoms. The van der Waals surface area contributed by atoms with Gasteiger partial charge in [0.1, 0.15) is 0 Å². The Kier molecular flexibility index (Phi) is 8.91. The number of carbonyl (C=O) groups excluding carboxylic acids is 1. The van der Waals surface area contributed by atoms with Crippen LogP contribution in [0.2, 0.25) is 5.02 Å². The fraction of sp³-hybridized carbons (Fsp3) is 0.536. The summed E-state index contributed by atoms with van der Waals surface area (Å²) in [6.07, 6.45) is 3.09. The van der Waals surface area contributed by atoms with Gasteiger partial charge in [-0.1, -0.05) is 54.1 Å². The quantitative estimate of drug-likeness (QED) is 0.464. The molecular formula is C28H38ClN3O4. The molecule has 7 nitrogen and oxygen atoms in total. The van der Waals surface area contributed by atoms with Crippen LogP contribution >= 0.6 is 11.6 Å². The van der Waals surface area contributed by atoms with E-state index in [9.17, 15) is 15.0 Å². The Bertz CT molecular complexity index is 1030. The number of hydrogen-bond donors (Lipinski definition) is 3. The van der Waals surface area contributed by atoms with Crippen molar-refractivity contribution >= 4 is 17.6 Å². The third-order valence-corrected chi connectivity index (χ3v) is 8.01. The fourth-order valence-corrected chi connectivity index (χ4v) is 5.92. The van der Waals surface area contributed by atoms with E-state index in [4.69, 9.17) is 22.1 Å². The third-order valence-electron chi connectivity index (χ3n) is 7.68. The van der Waals surface area contributed by atoms with Crippen LogP contribution in [0.15, 0.2) is 48.5 Å². The van der Waals surface area contributed by atoms with Gasteiger partial charge in [0.05, 0.1) is 11.7 Å². The van der Waals surface area contributed by atoms with E-state index in [1.807, 2.05) is 53.4 Å². The Morgan fingerprint density at radius 2 is 1.81 bits per heavy atom. The zero-order chi connectivity index (χ0) is 25.7. The number of likely N-dealkylation sites (tertiary alicyclic amines) is 2. The van der Waals surface area contributed by atoms with E-state index in [-0.39, 0.29) is 18.5 Å². The highest BCUT2D eigenvalue weighted by molar-refractivity contribution is 6.33. The predicted molar refractivity (Wildman–Crippen MR) is 142 cm³/mol. The van der Waals surface area contributed by atoms with Crippen molar-refractivity contribution in [1.82, 2.24) is 9.80 Å². The summed E-state index contributed by atoms with van der Waals surface area (Å²) < 4.78 is 5.25. The number of β-amino-alcohol motifs (C(OH)–C–C–N with tert-alkyl or cyclic N) is 1. The smallest absolute Gasteiger partial charge is 0.320 e. The van der Waals surface area contributed by atoms with Crippen LogP contribution < -0.4 is 5.73 Å². The molecule has 196 valence electrons. The number of rotatable bonds is 8. The second kappa shape index (κ2) is 11.9. The number of halogens is 1. The Labute approximate surface area is 218 Å². The van der Waals surface area contributed by atoms with Crippen molar-refractivity contribution in [2.75, 3.05) is 39.9 Å². The largest absolute Gasteiger partial charge is 0.390 e. The second-order valence-electron chi connectivity index (χ2n) is 10.1. The summed E-state index contributed by atoms with van der Waals surface area (Å²) in [7, 11) is 1.69. The van der Waals surface area contributed by atoms with Gasteiger partial charge in [-0.2, -0.15) is 0 Å². The second-order valence-corrected chi connectivity index (χ2v) is 10.5. The molecule has 2 aliphatic rings. The summed E-state index contributed by atoms with van der Waals surface area (Å²) in [5, 5.41) is 23.2. The van der Waals surface area contributed by atoms with Gasteiger partial charge in [-0.3, -0.25) is 0 Å². The van der Waals surface area contributed by atoms with Crippen LogP contribution in [-0.2, 0) is 10.3 Å². The SMILES string of the molecule is COCCCCC(O)(c1ccccc1-c1ccccc1Cl)C1CCCN(C(=O)N2CC(N)C(O)C2)C1. The van der Waals surface area contributed by atoms with Crippen LogP contribution in [0.5, 0.6) is 0 Å². The lowest BCUT2D eigenvalue weighted by molar-refractivity contribution is -0.0571. The number of piperidine rings is 1. The monoisotopic (exact) mass is 515 g/mol. The summed E-state index contributed by atoms with van der Waals surface area (Å²) in [5.74, 6) is -0.150. The maximum atomic E-state index is 13.3. The molecule has 0 bridgehead atoms. The molecule has 2 heterocycles. The number of carbonyl (C=O) groups is 1. The Morgan fingerprint density at radius 1 is 1.08 bits per heavy atom. The number of aliphatic hydroxyl groups excluding tert-OH is 1. The molecule has 2 saturated heterocycles. The van der Waals surface area contributed by atoms with Crippen molar-refractivity contribution in [3.63, 3.8) is 0 Å². The van der Waals surface area contributed by atoms with Gasteiger partial charge >= 0.3 is 6.03 Å². The summed E-state index contributed by atoms with van der Waals surface area (Å²) in [4.78, 5) is 16.8. The van der Waals surface area contributed by atoms with E-state index in [1.54, 1.807) is 12.0 Å². The summed E-state index contributed by atoms with van der Waals surface area (Å²) >= 11 is 6.59. The van der Waals surface area contributed by atoms with Crippen molar-refractivity contribution < 1.29 is 19.7 Å². The highest BCUT2D eigenvalue weighted by atomic mass is 35.5. The topological polar surface area (TPSA) is 99.3 Å². The highest BCUT2D eigenvalue weighted by Crippen LogP contribution is 2.44. The third kappa shape index (κ3) is 5.71. The van der Waals surface area contributed by atoms with E-state index in [2.05, 4.69) is 0 Å². The first kappa shape index (κ1) is 26.9. The number of ether oxygens (including phenoxy) is 1. The molecule has 2 aromatic rings. The molecule has 2 fully saturated rings. The molecule has 2 aliphatic heterocycles. The normalized spacial score (nSPS) is 24.1. The number of methoxy groups -OCH3 is 1. The molecule has 4 N–H and O–H groups in total. The molecule has 0 aromatic heterocycles. The van der Waals surface area contributed by atoms with Gasteiger partial charge in [-0.05, 0) is 49.3 Å². The van der Waals surface area contributed by atoms with Gasteiger partial charge in [0.25, 0.3) is 0 Å². The maximum Gasteiger partial charge on any atom is 0.320 e. The first-order valence-corrected chi connectivity index (χ1v) is 13.3. The number of nitrogens with two attached hydrogens (primary N) is 1. The number of hydrogen-bond acceptors (Lipinski definition) is 5. The number of aliphatic hydroxyl groups is 2. The summed E-state index contributed by atoms with van der Waals surface area (Å²) in [6, 6.07) is 15.1. The average molecular weight is 516 g/mol. The molecule has 2 amide bonds. The summed E-state index contributed by atoms with van der Waals surface area (Å²) in [5.41, 5.74) is 7.44. The van der Waals surface area contributed by atoms with Crippen LogP contribution in [0, 0.1) is 5.92 Å². The molecule has 4 atom stereocenters. The maximum absolute atomic E-state index is 13.3. The number of urea groups is 1. The zero-order valence-electron chi connectivity index (χ0n) is 21.0. The highest BCUT2D eigenvalue weighted by Gasteiger charge is 2.44. The van der Waals surface area contributed by atoms with Crippen molar-refractivity contribution in [3.8, 4) is 11.1 Å². The van der Waals surface area contributed by atoms with Gasteiger partial charge in [-0.15, -0.1) is 0 Å². The number of nitrogens with zero attached hydrogens (tertiary/aromatic N) is 2. The van der Waals surface area contributed by atoms with Gasteiger partial charge in [0, 0.05) is 62.4 Å². The van der Waals surface area contributed by atoms with Crippen molar-refractivity contribution in [2.45, 2.75) is 49.9 Å². The summed E-state index contributed by atoms with van der Waals surface area (Å²) in [6.45, 7) is 2.30. The number of amides is 2. The minimum absolute atomic E-state index is 0.118. The number of benzene rings is 2. The Hall–Kier alpha value is -2.16. The average Bonchev–Trinajstić information content (AvgIpc) is 3.24. The molecule has 0 spiro atoms. The van der Waals surface area contributed by atoms with Gasteiger partial charge in [0.2, 0.25) is 0 Å². The van der Waals surface area contributed by atoms with Gasteiger partial charge < -0.3 is 30.5 Å². The van der Waals surface area contributed by atoms with Crippen LogP contribution in [-0.4, -0.2) is 78.1 Å². The van der Waals surface area contributed by atoms with E-state index in [0.29, 0.717) is 37.7 Å². The molecular weight excluding hydrogens is 478 g/mol. The Balaban J connectivity index is 1.65. The molecule has 2 aromatic carbocycles. The minimum atomic E-state index is -1.15. The van der Waals surface area contributed by atoms with Crippen molar-refractivity contribution in [1.29, 1.82) is 0 Å². The Morgan fingerprint density at radius 3 is 2.50 bits per heavy atom. The first-order chi connectivity index (χ1) is 17.3. The van der Waals surface area contributed by atoms with Crippen LogP contribution in [0.1, 0.15) is 37.7 Å². The predicted octanol–water partition coefficient (Wildman–Crippen LogP) is 3.85. The molecule has 0 saturated carbocycles.